The molecule has 6 N–H and O–H groups in total. The van der Waals surface area contributed by atoms with Crippen molar-refractivity contribution in [3.05, 3.63) is 23.8 Å². The van der Waals surface area contributed by atoms with Crippen LogP contribution in [-0.2, 0) is 11.2 Å². The van der Waals surface area contributed by atoms with Crippen LogP contribution in [0.15, 0.2) is 12.4 Å². The zero-order chi connectivity index (χ0) is 17.4. The number of rotatable bonds is 10. The first-order valence-electron chi connectivity index (χ1n) is 7.30. The van der Waals surface area contributed by atoms with Crippen LogP contribution in [0.1, 0.15) is 24.4 Å². The van der Waals surface area contributed by atoms with Gasteiger partial charge in [0.2, 0.25) is 0 Å². The van der Waals surface area contributed by atoms with Crippen LogP contribution in [0.4, 0.5) is 0 Å². The van der Waals surface area contributed by atoms with Crippen LogP contribution in [0.5, 0.6) is 0 Å². The monoisotopic (exact) mass is 332 g/mol. The lowest BCUT2D eigenvalue weighted by molar-refractivity contribution is -0.106. The van der Waals surface area contributed by atoms with Crippen LogP contribution >= 0.6 is 0 Å². The minimum absolute atomic E-state index is 0.0220. The standard InChI is InChI=1S/C14H24N2O7/c1-2-23-12(7-18)14(22)13(21)9-5-15-8(4-16-9)3-10(19)11(20)6-17/h4-5,10-14,17-22H,2-3,6-7H2,1H3/t10-,11+,12+,13+,14+/m0/s1. The van der Waals surface area contributed by atoms with Gasteiger partial charge < -0.3 is 35.4 Å². The van der Waals surface area contributed by atoms with Gasteiger partial charge in [0, 0.05) is 19.2 Å². The number of aliphatic hydroxyl groups excluding tert-OH is 6. The van der Waals surface area contributed by atoms with Gasteiger partial charge in [-0.15, -0.1) is 0 Å². The molecule has 0 aliphatic carbocycles. The maximum absolute atomic E-state index is 10.1. The van der Waals surface area contributed by atoms with Gasteiger partial charge in [0.1, 0.15) is 24.4 Å². The molecule has 1 rings (SSSR count). The Kier molecular flexibility index (Phi) is 8.48. The predicted molar refractivity (Wildman–Crippen MR) is 78.3 cm³/mol. The molecular weight excluding hydrogens is 308 g/mol. The summed E-state index contributed by atoms with van der Waals surface area (Å²) in [5, 5.41) is 56.8. The van der Waals surface area contributed by atoms with E-state index in [1.54, 1.807) is 6.92 Å². The van der Waals surface area contributed by atoms with E-state index < -0.39 is 43.7 Å². The van der Waals surface area contributed by atoms with Gasteiger partial charge in [-0.1, -0.05) is 0 Å². The highest BCUT2D eigenvalue weighted by atomic mass is 16.5. The molecule has 0 saturated carbocycles. The van der Waals surface area contributed by atoms with Gasteiger partial charge in [0.05, 0.1) is 36.9 Å². The molecule has 0 unspecified atom stereocenters. The maximum Gasteiger partial charge on any atom is 0.126 e. The van der Waals surface area contributed by atoms with Gasteiger partial charge in [0.25, 0.3) is 0 Å². The molecule has 0 aliphatic heterocycles. The van der Waals surface area contributed by atoms with Crippen LogP contribution in [0.2, 0.25) is 0 Å². The van der Waals surface area contributed by atoms with E-state index in [1.807, 2.05) is 0 Å². The van der Waals surface area contributed by atoms with Gasteiger partial charge in [-0.05, 0) is 6.92 Å². The van der Waals surface area contributed by atoms with Gasteiger partial charge in [0.15, 0.2) is 0 Å². The molecule has 0 saturated heterocycles. The van der Waals surface area contributed by atoms with Crippen molar-refractivity contribution in [2.75, 3.05) is 19.8 Å². The van der Waals surface area contributed by atoms with Crippen LogP contribution in [0.3, 0.4) is 0 Å². The van der Waals surface area contributed by atoms with Crippen LogP contribution < -0.4 is 0 Å². The lowest BCUT2D eigenvalue weighted by atomic mass is 10.1. The molecule has 0 spiro atoms. The third-order valence-corrected chi connectivity index (χ3v) is 3.34. The van der Waals surface area contributed by atoms with Crippen molar-refractivity contribution in [2.45, 2.75) is 43.9 Å². The zero-order valence-corrected chi connectivity index (χ0v) is 12.9. The van der Waals surface area contributed by atoms with Gasteiger partial charge in [-0.25, -0.2) is 0 Å². The topological polar surface area (TPSA) is 156 Å². The molecule has 1 heterocycles. The Bertz CT molecular complexity index is 445. The van der Waals surface area contributed by atoms with Crippen molar-refractivity contribution in [3.8, 4) is 0 Å². The molecule has 1 aromatic rings. The summed E-state index contributed by atoms with van der Waals surface area (Å²) in [6.07, 6.45) is -3.69. The molecule has 132 valence electrons. The highest BCUT2D eigenvalue weighted by Gasteiger charge is 2.28. The first-order valence-corrected chi connectivity index (χ1v) is 7.30. The summed E-state index contributed by atoms with van der Waals surface area (Å²) in [4.78, 5) is 7.93. The fraction of sp³-hybridized carbons (Fsp3) is 0.714. The number of ether oxygens (including phenoxy) is 1. The molecule has 5 atom stereocenters. The van der Waals surface area contributed by atoms with Crippen molar-refractivity contribution in [1.82, 2.24) is 9.97 Å². The van der Waals surface area contributed by atoms with Crippen LogP contribution in [0, 0.1) is 0 Å². The number of hydrogen-bond acceptors (Lipinski definition) is 9. The second kappa shape index (κ2) is 9.83. The van der Waals surface area contributed by atoms with Crippen molar-refractivity contribution < 1.29 is 35.4 Å². The quantitative estimate of drug-likeness (QED) is 0.273. The molecule has 9 heteroatoms. The molecule has 0 radical (unpaired) electrons. The summed E-state index contributed by atoms with van der Waals surface area (Å²) >= 11 is 0. The predicted octanol–water partition coefficient (Wildman–Crippen LogP) is -2.48. The largest absolute Gasteiger partial charge is 0.394 e. The average molecular weight is 332 g/mol. The van der Waals surface area contributed by atoms with Gasteiger partial charge >= 0.3 is 0 Å². The molecule has 23 heavy (non-hydrogen) atoms. The molecule has 0 fully saturated rings. The highest BCUT2D eigenvalue weighted by molar-refractivity contribution is 5.08. The summed E-state index contributed by atoms with van der Waals surface area (Å²) in [5.41, 5.74) is 0.426. The Labute approximate surface area is 133 Å². The minimum Gasteiger partial charge on any atom is -0.394 e. The lowest BCUT2D eigenvalue weighted by Crippen LogP contribution is -2.37. The van der Waals surface area contributed by atoms with E-state index in [4.69, 9.17) is 14.9 Å². The van der Waals surface area contributed by atoms with Crippen molar-refractivity contribution in [1.29, 1.82) is 0 Å². The SMILES string of the molecule is CCO[C@H](CO)[C@@H](O)[C@H](O)c1cnc(C[C@H](O)[C@H](O)CO)cn1. The Morgan fingerprint density at radius 1 is 1.00 bits per heavy atom. The van der Waals surface area contributed by atoms with E-state index >= 15 is 0 Å². The number of hydrogen-bond donors (Lipinski definition) is 6. The summed E-state index contributed by atoms with van der Waals surface area (Å²) < 4.78 is 5.12. The summed E-state index contributed by atoms with van der Waals surface area (Å²) in [7, 11) is 0. The average Bonchev–Trinajstić information content (AvgIpc) is 2.58. The summed E-state index contributed by atoms with van der Waals surface area (Å²) in [6, 6.07) is 0. The normalized spacial score (nSPS) is 18.2. The smallest absolute Gasteiger partial charge is 0.126 e. The molecule has 0 amide bonds. The van der Waals surface area contributed by atoms with Crippen molar-refractivity contribution >= 4 is 0 Å². The molecule has 0 aliphatic rings. The molecule has 9 nitrogen and oxygen atoms in total. The maximum atomic E-state index is 10.1. The highest BCUT2D eigenvalue weighted by Crippen LogP contribution is 2.18. The second-order valence-corrected chi connectivity index (χ2v) is 5.07. The molecular formula is C14H24N2O7. The first kappa shape index (κ1) is 19.8. The minimum atomic E-state index is -1.40. The number of aliphatic hydroxyl groups is 6. The number of aromatic nitrogens is 2. The van der Waals surface area contributed by atoms with E-state index in [1.165, 1.54) is 12.4 Å². The third-order valence-electron chi connectivity index (χ3n) is 3.34. The van der Waals surface area contributed by atoms with Gasteiger partial charge in [-0.3, -0.25) is 9.97 Å². The van der Waals surface area contributed by atoms with E-state index in [0.717, 1.165) is 0 Å². The van der Waals surface area contributed by atoms with Crippen molar-refractivity contribution in [2.24, 2.45) is 0 Å². The summed E-state index contributed by atoms with van der Waals surface area (Å²) in [6.45, 7) is 0.938. The van der Waals surface area contributed by atoms with E-state index in [-0.39, 0.29) is 18.7 Å². The fourth-order valence-electron chi connectivity index (χ4n) is 1.95. The van der Waals surface area contributed by atoms with Crippen LogP contribution in [-0.4, -0.2) is 84.8 Å². The zero-order valence-electron chi connectivity index (χ0n) is 12.9. The third kappa shape index (κ3) is 5.74. The second-order valence-electron chi connectivity index (χ2n) is 5.07. The number of nitrogens with zero attached hydrogens (tertiary/aromatic N) is 2. The fourth-order valence-corrected chi connectivity index (χ4v) is 1.95. The van der Waals surface area contributed by atoms with E-state index in [2.05, 4.69) is 9.97 Å². The Morgan fingerprint density at radius 3 is 2.17 bits per heavy atom. The van der Waals surface area contributed by atoms with E-state index in [0.29, 0.717) is 5.69 Å². The Hall–Kier alpha value is -1.20. The molecule has 1 aromatic heterocycles. The lowest BCUT2D eigenvalue weighted by Gasteiger charge is -2.24. The van der Waals surface area contributed by atoms with E-state index in [9.17, 15) is 20.4 Å². The summed E-state index contributed by atoms with van der Waals surface area (Å²) in [5.74, 6) is 0. The molecule has 0 bridgehead atoms. The van der Waals surface area contributed by atoms with Crippen LogP contribution in [0.25, 0.3) is 0 Å². The Morgan fingerprint density at radius 2 is 1.70 bits per heavy atom. The Balaban J connectivity index is 2.71. The first-order chi connectivity index (χ1) is 10.9. The van der Waals surface area contributed by atoms with Gasteiger partial charge in [-0.2, -0.15) is 0 Å². The van der Waals surface area contributed by atoms with Crippen molar-refractivity contribution in [3.63, 3.8) is 0 Å². The molecule has 0 aromatic carbocycles.